The quantitative estimate of drug-likeness (QED) is 0.876. The Bertz CT molecular complexity index is 672. The number of halogens is 2. The Morgan fingerprint density at radius 3 is 2.33 bits per heavy atom. The third-order valence-corrected chi connectivity index (χ3v) is 2.84. The molecule has 0 radical (unpaired) electrons. The van der Waals surface area contributed by atoms with Crippen molar-refractivity contribution in [3.63, 3.8) is 0 Å². The maximum atomic E-state index is 13.8. The molecule has 4 heteroatoms. The van der Waals surface area contributed by atoms with Gasteiger partial charge in [0.25, 0.3) is 0 Å². The van der Waals surface area contributed by atoms with E-state index in [1.165, 1.54) is 12.1 Å². The highest BCUT2D eigenvalue weighted by atomic mass is 19.1. The number of aliphatic hydroxyl groups is 1. The smallest absolute Gasteiger partial charge is 0.129 e. The van der Waals surface area contributed by atoms with E-state index >= 15 is 0 Å². The van der Waals surface area contributed by atoms with Crippen molar-refractivity contribution in [2.75, 3.05) is 6.61 Å². The normalized spacial score (nSPS) is 10.0. The molecule has 0 atom stereocenters. The summed E-state index contributed by atoms with van der Waals surface area (Å²) in [5.74, 6) is 4.29. The standard InChI is InChI=1S/C17H14F2O2/c18-16-6-2-1-5-14(16)11-21-12-15-8-7-13(4-3-9-20)10-17(15)19/h1-2,5-8,10,20H,9,11-12H2. The highest BCUT2D eigenvalue weighted by molar-refractivity contribution is 5.37. The number of hydrogen-bond donors (Lipinski definition) is 1. The third-order valence-electron chi connectivity index (χ3n) is 2.84. The van der Waals surface area contributed by atoms with Gasteiger partial charge in [0.05, 0.1) is 13.2 Å². The van der Waals surface area contributed by atoms with Crippen LogP contribution in [0.1, 0.15) is 16.7 Å². The molecule has 0 aliphatic carbocycles. The van der Waals surface area contributed by atoms with Crippen LogP contribution in [-0.2, 0) is 18.0 Å². The lowest BCUT2D eigenvalue weighted by atomic mass is 10.1. The molecule has 0 amide bonds. The van der Waals surface area contributed by atoms with E-state index in [1.54, 1.807) is 30.3 Å². The lowest BCUT2D eigenvalue weighted by molar-refractivity contribution is 0.102. The van der Waals surface area contributed by atoms with E-state index < -0.39 is 5.82 Å². The fourth-order valence-electron chi connectivity index (χ4n) is 1.77. The third kappa shape index (κ3) is 4.38. The number of ether oxygens (including phenoxy) is 1. The van der Waals surface area contributed by atoms with Gasteiger partial charge in [0.1, 0.15) is 18.2 Å². The minimum absolute atomic E-state index is 0.0495. The van der Waals surface area contributed by atoms with Crippen molar-refractivity contribution in [1.29, 1.82) is 0 Å². The maximum Gasteiger partial charge on any atom is 0.129 e. The molecule has 2 rings (SSSR count). The van der Waals surface area contributed by atoms with Gasteiger partial charge < -0.3 is 9.84 Å². The van der Waals surface area contributed by atoms with E-state index in [2.05, 4.69) is 11.8 Å². The topological polar surface area (TPSA) is 29.5 Å². The van der Waals surface area contributed by atoms with Crippen LogP contribution in [0.2, 0.25) is 0 Å². The second-order valence-electron chi connectivity index (χ2n) is 4.35. The average molecular weight is 288 g/mol. The highest BCUT2D eigenvalue weighted by Gasteiger charge is 2.05. The van der Waals surface area contributed by atoms with Crippen molar-refractivity contribution < 1.29 is 18.6 Å². The van der Waals surface area contributed by atoms with E-state index in [4.69, 9.17) is 9.84 Å². The molecule has 0 aliphatic heterocycles. The first kappa shape index (κ1) is 15.2. The molecule has 0 fully saturated rings. The second-order valence-corrected chi connectivity index (χ2v) is 4.35. The minimum atomic E-state index is -0.437. The van der Waals surface area contributed by atoms with Crippen LogP contribution in [0.4, 0.5) is 8.78 Å². The van der Waals surface area contributed by atoms with Crippen LogP contribution in [0.3, 0.4) is 0 Å². The molecular weight excluding hydrogens is 274 g/mol. The monoisotopic (exact) mass is 288 g/mol. The molecule has 0 unspecified atom stereocenters. The Kier molecular flexibility index (Phi) is 5.44. The summed E-state index contributed by atoms with van der Waals surface area (Å²) in [6.07, 6.45) is 0. The van der Waals surface area contributed by atoms with Gasteiger partial charge in [-0.15, -0.1) is 0 Å². The Morgan fingerprint density at radius 1 is 0.952 bits per heavy atom. The minimum Gasteiger partial charge on any atom is -0.384 e. The Hall–Kier alpha value is -2.22. The van der Waals surface area contributed by atoms with Gasteiger partial charge in [0.15, 0.2) is 0 Å². The van der Waals surface area contributed by atoms with Crippen molar-refractivity contribution in [3.8, 4) is 11.8 Å². The van der Waals surface area contributed by atoms with Gasteiger partial charge in [-0.25, -0.2) is 8.78 Å². The molecule has 0 spiro atoms. The first-order valence-corrected chi connectivity index (χ1v) is 6.40. The van der Waals surface area contributed by atoms with E-state index in [9.17, 15) is 8.78 Å². The van der Waals surface area contributed by atoms with Crippen LogP contribution < -0.4 is 0 Å². The number of benzene rings is 2. The van der Waals surface area contributed by atoms with Gasteiger partial charge in [-0.1, -0.05) is 36.1 Å². The number of hydrogen-bond acceptors (Lipinski definition) is 2. The van der Waals surface area contributed by atoms with Gasteiger partial charge >= 0.3 is 0 Å². The molecule has 0 heterocycles. The van der Waals surface area contributed by atoms with Crippen LogP contribution >= 0.6 is 0 Å². The summed E-state index contributed by atoms with van der Waals surface area (Å²) in [7, 11) is 0. The van der Waals surface area contributed by atoms with Crippen molar-refractivity contribution in [2.24, 2.45) is 0 Å². The summed E-state index contributed by atoms with van der Waals surface area (Å²) in [6.45, 7) is -0.138. The van der Waals surface area contributed by atoms with Crippen molar-refractivity contribution in [2.45, 2.75) is 13.2 Å². The summed E-state index contributed by atoms with van der Waals surface area (Å²) in [6, 6.07) is 10.8. The maximum absolute atomic E-state index is 13.8. The van der Waals surface area contributed by atoms with Gasteiger partial charge in [0.2, 0.25) is 0 Å². The van der Waals surface area contributed by atoms with E-state index in [1.807, 2.05) is 0 Å². The van der Waals surface area contributed by atoms with E-state index in [0.29, 0.717) is 16.7 Å². The van der Waals surface area contributed by atoms with Gasteiger partial charge in [-0.3, -0.25) is 0 Å². The van der Waals surface area contributed by atoms with Gasteiger partial charge in [-0.2, -0.15) is 0 Å². The van der Waals surface area contributed by atoms with Gasteiger partial charge in [0, 0.05) is 16.7 Å². The van der Waals surface area contributed by atoms with Crippen LogP contribution in [0, 0.1) is 23.5 Å². The predicted molar refractivity (Wildman–Crippen MR) is 75.3 cm³/mol. The van der Waals surface area contributed by atoms with Crippen molar-refractivity contribution >= 4 is 0 Å². The zero-order valence-electron chi connectivity index (χ0n) is 11.3. The Morgan fingerprint density at radius 2 is 1.67 bits per heavy atom. The van der Waals surface area contributed by atoms with E-state index in [0.717, 1.165) is 0 Å². The predicted octanol–water partition coefficient (Wildman–Crippen LogP) is 3.03. The number of rotatable bonds is 4. The van der Waals surface area contributed by atoms with Crippen LogP contribution in [0.5, 0.6) is 0 Å². The fraction of sp³-hybridized carbons (Fsp3) is 0.176. The fourth-order valence-corrected chi connectivity index (χ4v) is 1.77. The summed E-state index contributed by atoms with van der Waals surface area (Å²) >= 11 is 0. The molecule has 2 aromatic rings. The van der Waals surface area contributed by atoms with Crippen molar-refractivity contribution in [1.82, 2.24) is 0 Å². The molecule has 108 valence electrons. The first-order valence-electron chi connectivity index (χ1n) is 6.40. The van der Waals surface area contributed by atoms with Crippen LogP contribution in [0.15, 0.2) is 42.5 Å². The summed E-state index contributed by atoms with van der Waals surface area (Å²) in [5.41, 5.74) is 1.30. The zero-order valence-corrected chi connectivity index (χ0v) is 11.3. The molecule has 0 saturated carbocycles. The molecule has 0 aromatic heterocycles. The zero-order chi connectivity index (χ0) is 15.1. The van der Waals surface area contributed by atoms with Gasteiger partial charge in [-0.05, 0) is 18.2 Å². The summed E-state index contributed by atoms with van der Waals surface area (Å²) < 4.78 is 32.5. The van der Waals surface area contributed by atoms with E-state index in [-0.39, 0.29) is 25.6 Å². The summed E-state index contributed by atoms with van der Waals surface area (Å²) in [4.78, 5) is 0. The first-order chi connectivity index (χ1) is 10.2. The molecule has 0 bridgehead atoms. The Balaban J connectivity index is 1.96. The van der Waals surface area contributed by atoms with Crippen LogP contribution in [0.25, 0.3) is 0 Å². The molecule has 0 aliphatic rings. The molecule has 2 nitrogen and oxygen atoms in total. The largest absolute Gasteiger partial charge is 0.384 e. The lowest BCUT2D eigenvalue weighted by Gasteiger charge is -2.07. The molecule has 2 aromatic carbocycles. The highest BCUT2D eigenvalue weighted by Crippen LogP contribution is 2.13. The Labute approximate surface area is 122 Å². The molecular formula is C17H14F2O2. The second kappa shape index (κ2) is 7.53. The lowest BCUT2D eigenvalue weighted by Crippen LogP contribution is -1.99. The SMILES string of the molecule is OCC#Cc1ccc(COCc2ccccc2F)c(F)c1. The average Bonchev–Trinajstić information content (AvgIpc) is 2.49. The summed E-state index contributed by atoms with van der Waals surface area (Å²) in [5, 5.41) is 8.58. The molecule has 1 N–H and O–H groups in total. The van der Waals surface area contributed by atoms with Crippen molar-refractivity contribution in [3.05, 3.63) is 70.8 Å². The number of aliphatic hydroxyl groups excluding tert-OH is 1. The van der Waals surface area contributed by atoms with Crippen LogP contribution in [-0.4, -0.2) is 11.7 Å². The molecule has 0 saturated heterocycles. The molecule has 21 heavy (non-hydrogen) atoms.